The fourth-order valence-electron chi connectivity index (χ4n) is 2.48. The average molecular weight is 281 g/mol. The van der Waals surface area contributed by atoms with Gasteiger partial charge in [0, 0.05) is 12.6 Å². The van der Waals surface area contributed by atoms with Gasteiger partial charge in [-0.25, -0.2) is 9.48 Å². The molecule has 8 heteroatoms. The summed E-state index contributed by atoms with van der Waals surface area (Å²) in [5.41, 5.74) is 5.56. The van der Waals surface area contributed by atoms with Gasteiger partial charge in [-0.1, -0.05) is 24.5 Å². The van der Waals surface area contributed by atoms with Gasteiger partial charge in [0.2, 0.25) is 5.91 Å². The van der Waals surface area contributed by atoms with Crippen LogP contribution in [0.2, 0.25) is 0 Å². The number of nitrogens with one attached hydrogen (secondary N) is 1. The van der Waals surface area contributed by atoms with Crippen LogP contribution in [0.3, 0.4) is 0 Å². The number of carbonyl (C=O) groups is 2. The highest BCUT2D eigenvalue weighted by Crippen LogP contribution is 2.17. The van der Waals surface area contributed by atoms with Gasteiger partial charge in [-0.05, 0) is 12.8 Å². The minimum absolute atomic E-state index is 0.0225. The first-order valence-corrected chi connectivity index (χ1v) is 6.77. The third-order valence-electron chi connectivity index (χ3n) is 3.50. The molecule has 1 aromatic heterocycles. The number of aromatic carboxylic acids is 1. The standard InChI is InChI=1S/C12H19N5O3/c13-6-9-11(12(19)20)15-16-17(9)7-10(18)14-8-4-2-1-3-5-8/h8H,1-7,13H2,(H,14,18)(H,19,20). The minimum Gasteiger partial charge on any atom is -0.476 e. The van der Waals surface area contributed by atoms with E-state index in [1.165, 1.54) is 11.1 Å². The van der Waals surface area contributed by atoms with Gasteiger partial charge >= 0.3 is 5.97 Å². The van der Waals surface area contributed by atoms with Crippen LogP contribution in [0.4, 0.5) is 0 Å². The summed E-state index contributed by atoms with van der Waals surface area (Å²) in [6.45, 7) is -0.0747. The van der Waals surface area contributed by atoms with E-state index in [1.54, 1.807) is 0 Å². The van der Waals surface area contributed by atoms with Crippen LogP contribution in [0.5, 0.6) is 0 Å². The van der Waals surface area contributed by atoms with Crippen molar-refractivity contribution in [2.24, 2.45) is 5.73 Å². The third-order valence-corrected chi connectivity index (χ3v) is 3.50. The molecule has 0 spiro atoms. The van der Waals surface area contributed by atoms with Gasteiger partial charge in [-0.2, -0.15) is 0 Å². The lowest BCUT2D eigenvalue weighted by atomic mass is 9.95. The summed E-state index contributed by atoms with van der Waals surface area (Å²) in [6.07, 6.45) is 5.46. The summed E-state index contributed by atoms with van der Waals surface area (Å²) in [4.78, 5) is 22.9. The van der Waals surface area contributed by atoms with E-state index in [-0.39, 0.29) is 36.4 Å². The molecule has 2 rings (SSSR count). The van der Waals surface area contributed by atoms with Crippen LogP contribution in [0.1, 0.15) is 48.3 Å². The number of nitrogens with two attached hydrogens (primary N) is 1. The van der Waals surface area contributed by atoms with E-state index in [0.29, 0.717) is 0 Å². The Bertz CT molecular complexity index is 493. The Morgan fingerprint density at radius 1 is 1.35 bits per heavy atom. The highest BCUT2D eigenvalue weighted by molar-refractivity contribution is 5.86. The molecular weight excluding hydrogens is 262 g/mol. The molecule has 1 aliphatic rings. The van der Waals surface area contributed by atoms with E-state index in [1.807, 2.05) is 0 Å². The summed E-state index contributed by atoms with van der Waals surface area (Å²) in [5, 5.41) is 19.1. The van der Waals surface area contributed by atoms with Gasteiger partial charge < -0.3 is 16.2 Å². The van der Waals surface area contributed by atoms with E-state index in [4.69, 9.17) is 10.8 Å². The Morgan fingerprint density at radius 3 is 2.65 bits per heavy atom. The average Bonchev–Trinajstić information content (AvgIpc) is 2.82. The second kappa shape index (κ2) is 6.47. The van der Waals surface area contributed by atoms with Gasteiger partial charge in [0.15, 0.2) is 5.69 Å². The van der Waals surface area contributed by atoms with Crippen molar-refractivity contribution in [3.05, 3.63) is 11.4 Å². The Balaban J connectivity index is 1.98. The van der Waals surface area contributed by atoms with E-state index < -0.39 is 5.97 Å². The van der Waals surface area contributed by atoms with Crippen molar-refractivity contribution in [2.75, 3.05) is 0 Å². The first kappa shape index (κ1) is 14.4. The lowest BCUT2D eigenvalue weighted by molar-refractivity contribution is -0.122. The molecule has 1 aromatic rings. The fourth-order valence-corrected chi connectivity index (χ4v) is 2.48. The fraction of sp³-hybridized carbons (Fsp3) is 0.667. The van der Waals surface area contributed by atoms with Crippen LogP contribution in [-0.2, 0) is 17.9 Å². The smallest absolute Gasteiger partial charge is 0.358 e. The van der Waals surface area contributed by atoms with Gasteiger partial charge in [0.1, 0.15) is 6.54 Å². The van der Waals surface area contributed by atoms with E-state index in [9.17, 15) is 9.59 Å². The number of rotatable bonds is 5. The molecule has 0 saturated heterocycles. The predicted octanol–water partition coefficient (Wildman–Crippen LogP) is -0.116. The topological polar surface area (TPSA) is 123 Å². The zero-order valence-corrected chi connectivity index (χ0v) is 11.2. The van der Waals surface area contributed by atoms with Crippen LogP contribution in [0.25, 0.3) is 0 Å². The highest BCUT2D eigenvalue weighted by Gasteiger charge is 2.20. The van der Waals surface area contributed by atoms with Crippen LogP contribution in [-0.4, -0.2) is 38.0 Å². The van der Waals surface area contributed by atoms with Crippen molar-refractivity contribution in [1.29, 1.82) is 0 Å². The molecule has 1 saturated carbocycles. The molecule has 1 amide bonds. The normalized spacial score (nSPS) is 16.1. The SMILES string of the molecule is NCc1c(C(=O)O)nnn1CC(=O)NC1CCCCC1. The van der Waals surface area contributed by atoms with Gasteiger partial charge in [0.25, 0.3) is 0 Å². The van der Waals surface area contributed by atoms with Crippen LogP contribution >= 0.6 is 0 Å². The number of amides is 1. The predicted molar refractivity (Wildman–Crippen MR) is 69.9 cm³/mol. The molecule has 0 atom stereocenters. The molecular formula is C12H19N5O3. The van der Waals surface area contributed by atoms with Gasteiger partial charge in [-0.3, -0.25) is 4.79 Å². The maximum Gasteiger partial charge on any atom is 0.358 e. The first-order chi connectivity index (χ1) is 9.61. The Hall–Kier alpha value is -1.96. The van der Waals surface area contributed by atoms with Crippen LogP contribution in [0.15, 0.2) is 0 Å². The van der Waals surface area contributed by atoms with Crippen molar-refractivity contribution in [3.8, 4) is 0 Å². The van der Waals surface area contributed by atoms with E-state index in [2.05, 4.69) is 15.6 Å². The molecule has 110 valence electrons. The van der Waals surface area contributed by atoms with Crippen molar-refractivity contribution in [3.63, 3.8) is 0 Å². The number of hydrogen-bond donors (Lipinski definition) is 3. The Labute approximate surface area is 116 Å². The molecule has 0 unspecified atom stereocenters. The van der Waals surface area contributed by atoms with Gasteiger partial charge in [-0.15, -0.1) is 5.10 Å². The lowest BCUT2D eigenvalue weighted by Crippen LogP contribution is -2.38. The molecule has 1 aliphatic carbocycles. The second-order valence-electron chi connectivity index (χ2n) is 4.95. The summed E-state index contributed by atoms with van der Waals surface area (Å²) < 4.78 is 1.25. The van der Waals surface area contributed by atoms with Crippen LogP contribution in [0, 0.1) is 0 Å². The molecule has 4 N–H and O–H groups in total. The number of nitrogens with zero attached hydrogens (tertiary/aromatic N) is 3. The first-order valence-electron chi connectivity index (χ1n) is 6.77. The summed E-state index contributed by atoms with van der Waals surface area (Å²) >= 11 is 0. The number of carboxylic acid groups (broad SMARTS) is 1. The lowest BCUT2D eigenvalue weighted by Gasteiger charge is -2.22. The summed E-state index contributed by atoms with van der Waals surface area (Å²) in [7, 11) is 0. The maximum absolute atomic E-state index is 11.9. The molecule has 8 nitrogen and oxygen atoms in total. The zero-order valence-electron chi connectivity index (χ0n) is 11.2. The summed E-state index contributed by atoms with van der Waals surface area (Å²) in [6, 6.07) is 0.208. The molecule has 0 bridgehead atoms. The summed E-state index contributed by atoms with van der Waals surface area (Å²) in [5.74, 6) is -1.38. The van der Waals surface area contributed by atoms with Crippen LogP contribution < -0.4 is 11.1 Å². The zero-order chi connectivity index (χ0) is 14.5. The van der Waals surface area contributed by atoms with Gasteiger partial charge in [0.05, 0.1) is 5.69 Å². The largest absolute Gasteiger partial charge is 0.476 e. The minimum atomic E-state index is -1.19. The number of carbonyl (C=O) groups excluding carboxylic acids is 1. The van der Waals surface area contributed by atoms with E-state index >= 15 is 0 Å². The molecule has 1 heterocycles. The Kier molecular flexibility index (Phi) is 4.67. The quantitative estimate of drug-likeness (QED) is 0.691. The number of aromatic nitrogens is 3. The highest BCUT2D eigenvalue weighted by atomic mass is 16.4. The Morgan fingerprint density at radius 2 is 2.05 bits per heavy atom. The van der Waals surface area contributed by atoms with E-state index in [0.717, 1.165) is 25.7 Å². The molecule has 1 fully saturated rings. The number of hydrogen-bond acceptors (Lipinski definition) is 5. The second-order valence-corrected chi connectivity index (χ2v) is 4.95. The maximum atomic E-state index is 11.9. The van der Waals surface area contributed by atoms with Crippen molar-refractivity contribution in [1.82, 2.24) is 20.3 Å². The molecule has 0 radical (unpaired) electrons. The molecule has 0 aliphatic heterocycles. The molecule has 0 aromatic carbocycles. The molecule has 20 heavy (non-hydrogen) atoms. The monoisotopic (exact) mass is 281 g/mol. The third kappa shape index (κ3) is 3.32. The van der Waals surface area contributed by atoms with Crippen molar-refractivity contribution < 1.29 is 14.7 Å². The number of carboxylic acids is 1. The van der Waals surface area contributed by atoms with Crippen molar-refractivity contribution in [2.45, 2.75) is 51.2 Å². The van der Waals surface area contributed by atoms with Crippen molar-refractivity contribution >= 4 is 11.9 Å².